The van der Waals surface area contributed by atoms with E-state index in [1.54, 1.807) is 48.5 Å². The Morgan fingerprint density at radius 1 is 0.426 bits per heavy atom. The van der Waals surface area contributed by atoms with Gasteiger partial charge in [0, 0.05) is 12.2 Å². The van der Waals surface area contributed by atoms with Crippen LogP contribution in [-0.2, 0) is 38.2 Å². The SMILES string of the molecule is C=CC(=O)OCCCCCCOc1ccc(OC(=O)C2CCC(C(=O)Oc3ccc(OC(=O)[C@H]4CC[C@@H](C(=O)Oc5ccc(OCCCCCCOC(=O)C=C)cc5)CC4)c(C=O)c3)CC2)cc1. The van der Waals surface area contributed by atoms with Crippen molar-refractivity contribution in [2.75, 3.05) is 26.4 Å². The molecule has 2 fully saturated rings. The maximum Gasteiger partial charge on any atom is 0.330 e. The summed E-state index contributed by atoms with van der Waals surface area (Å²) in [5.74, 6) is -1.97. The van der Waals surface area contributed by atoms with Crippen LogP contribution in [0.2, 0.25) is 0 Å². The van der Waals surface area contributed by atoms with Crippen molar-refractivity contribution in [2.24, 2.45) is 23.7 Å². The molecule has 0 atom stereocenters. The number of hydrogen-bond acceptors (Lipinski definition) is 15. The molecule has 364 valence electrons. The molecule has 2 aliphatic rings. The topological polar surface area (TPSA) is 193 Å². The predicted molar refractivity (Wildman–Crippen MR) is 248 cm³/mol. The second-order valence-electron chi connectivity index (χ2n) is 16.8. The van der Waals surface area contributed by atoms with Gasteiger partial charge in [-0.25, -0.2) is 9.59 Å². The van der Waals surface area contributed by atoms with Crippen LogP contribution in [-0.4, -0.2) is 68.5 Å². The van der Waals surface area contributed by atoms with Gasteiger partial charge in [-0.2, -0.15) is 0 Å². The van der Waals surface area contributed by atoms with Crippen molar-refractivity contribution in [1.29, 1.82) is 0 Å². The molecule has 0 heterocycles. The molecule has 0 radical (unpaired) electrons. The predicted octanol–water partition coefficient (Wildman–Crippen LogP) is 9.47. The maximum absolute atomic E-state index is 13.2. The van der Waals surface area contributed by atoms with Gasteiger partial charge in [-0.1, -0.05) is 13.2 Å². The summed E-state index contributed by atoms with van der Waals surface area (Å²) in [6.07, 6.45) is 13.2. The maximum atomic E-state index is 13.2. The first-order chi connectivity index (χ1) is 33.0. The molecule has 0 spiro atoms. The van der Waals surface area contributed by atoms with Crippen LogP contribution in [0.15, 0.2) is 92.0 Å². The number of rotatable bonds is 27. The van der Waals surface area contributed by atoms with E-state index in [2.05, 4.69) is 13.2 Å². The molecule has 0 aromatic heterocycles. The Bertz CT molecular complexity index is 2150. The molecule has 68 heavy (non-hydrogen) atoms. The number of hydrogen-bond donors (Lipinski definition) is 0. The van der Waals surface area contributed by atoms with Gasteiger partial charge in [0.25, 0.3) is 0 Å². The van der Waals surface area contributed by atoms with Crippen LogP contribution < -0.4 is 28.4 Å². The molecule has 0 N–H and O–H groups in total. The molecule has 2 aliphatic carbocycles. The highest BCUT2D eigenvalue weighted by Crippen LogP contribution is 2.35. The lowest BCUT2D eigenvalue weighted by Crippen LogP contribution is -2.30. The summed E-state index contributed by atoms with van der Waals surface area (Å²) in [5.41, 5.74) is 0.0431. The van der Waals surface area contributed by atoms with Gasteiger partial charge in [0.05, 0.1) is 55.7 Å². The molecule has 0 unspecified atom stereocenters. The molecule has 0 amide bonds. The molecule has 15 nitrogen and oxygen atoms in total. The van der Waals surface area contributed by atoms with Crippen LogP contribution >= 0.6 is 0 Å². The Hall–Kier alpha value is -6.77. The lowest BCUT2D eigenvalue weighted by atomic mass is 9.82. The zero-order valence-corrected chi connectivity index (χ0v) is 38.6. The van der Waals surface area contributed by atoms with Crippen LogP contribution in [0, 0.1) is 23.7 Å². The summed E-state index contributed by atoms with van der Waals surface area (Å²) in [7, 11) is 0. The van der Waals surface area contributed by atoms with Gasteiger partial charge in [-0.15, -0.1) is 0 Å². The quantitative estimate of drug-likeness (QED) is 0.0230. The van der Waals surface area contributed by atoms with Crippen LogP contribution in [0.5, 0.6) is 34.5 Å². The highest BCUT2D eigenvalue weighted by Gasteiger charge is 2.34. The molecular weight excluding hydrogens is 877 g/mol. The fourth-order valence-corrected chi connectivity index (χ4v) is 7.86. The first kappa shape index (κ1) is 52.2. The van der Waals surface area contributed by atoms with Crippen molar-refractivity contribution >= 4 is 42.1 Å². The average molecular weight is 939 g/mol. The van der Waals surface area contributed by atoms with Crippen molar-refractivity contribution in [2.45, 2.75) is 103 Å². The zero-order chi connectivity index (χ0) is 48.5. The van der Waals surface area contributed by atoms with Crippen LogP contribution in [0.1, 0.15) is 113 Å². The van der Waals surface area contributed by atoms with Crippen molar-refractivity contribution in [3.05, 3.63) is 97.6 Å². The van der Waals surface area contributed by atoms with Crippen LogP contribution in [0.25, 0.3) is 0 Å². The van der Waals surface area contributed by atoms with Crippen molar-refractivity contribution in [1.82, 2.24) is 0 Å². The minimum Gasteiger partial charge on any atom is -0.494 e. The molecule has 0 bridgehead atoms. The Kier molecular flexibility index (Phi) is 21.8. The Morgan fingerprint density at radius 2 is 0.750 bits per heavy atom. The second kappa shape index (κ2) is 28.4. The van der Waals surface area contributed by atoms with Gasteiger partial charge < -0.3 is 37.9 Å². The second-order valence-corrected chi connectivity index (χ2v) is 16.8. The highest BCUT2D eigenvalue weighted by atomic mass is 16.6. The third-order valence-electron chi connectivity index (χ3n) is 11.8. The Balaban J connectivity index is 0.949. The number of aldehydes is 1. The van der Waals surface area contributed by atoms with Crippen LogP contribution in [0.4, 0.5) is 0 Å². The fraction of sp³-hybridized carbons (Fsp3) is 0.453. The highest BCUT2D eigenvalue weighted by molar-refractivity contribution is 5.85. The molecule has 5 rings (SSSR count). The van der Waals surface area contributed by atoms with E-state index >= 15 is 0 Å². The van der Waals surface area contributed by atoms with Crippen LogP contribution in [0.3, 0.4) is 0 Å². The summed E-state index contributed by atoms with van der Waals surface area (Å²) in [6.45, 7) is 8.54. The average Bonchev–Trinajstić information content (AvgIpc) is 3.36. The van der Waals surface area contributed by atoms with Crippen molar-refractivity contribution < 1.29 is 71.5 Å². The zero-order valence-electron chi connectivity index (χ0n) is 38.6. The molecule has 0 saturated heterocycles. The molecule has 3 aromatic carbocycles. The molecule has 2 saturated carbocycles. The van der Waals surface area contributed by atoms with E-state index in [0.717, 1.165) is 63.5 Å². The van der Waals surface area contributed by atoms with Gasteiger partial charge in [-0.3, -0.25) is 24.0 Å². The summed E-state index contributed by atoms with van der Waals surface area (Å²) in [4.78, 5) is 86.3. The summed E-state index contributed by atoms with van der Waals surface area (Å²) in [5, 5.41) is 0. The van der Waals surface area contributed by atoms with Gasteiger partial charge in [0.1, 0.15) is 34.5 Å². The molecule has 0 aliphatic heterocycles. The Morgan fingerprint density at radius 3 is 1.12 bits per heavy atom. The van der Waals surface area contributed by atoms with E-state index in [0.29, 0.717) is 107 Å². The number of carbonyl (C=O) groups excluding carboxylic acids is 7. The normalized spacial score (nSPS) is 17.6. The number of ether oxygens (including phenoxy) is 8. The number of unbranched alkanes of at least 4 members (excludes halogenated alkanes) is 6. The molecular formula is C53H62O15. The number of benzene rings is 3. The minimum atomic E-state index is -0.517. The van der Waals surface area contributed by atoms with E-state index in [9.17, 15) is 33.6 Å². The van der Waals surface area contributed by atoms with Crippen molar-refractivity contribution in [3.63, 3.8) is 0 Å². The van der Waals surface area contributed by atoms with E-state index in [4.69, 9.17) is 37.9 Å². The third kappa shape index (κ3) is 17.8. The lowest BCUT2D eigenvalue weighted by molar-refractivity contribution is -0.145. The summed E-state index contributed by atoms with van der Waals surface area (Å²) >= 11 is 0. The first-order valence-corrected chi connectivity index (χ1v) is 23.5. The van der Waals surface area contributed by atoms with E-state index in [1.807, 2.05) is 0 Å². The number of esters is 6. The molecule has 3 aromatic rings. The Labute approximate surface area is 397 Å². The summed E-state index contributed by atoms with van der Waals surface area (Å²) < 4.78 is 44.0. The lowest BCUT2D eigenvalue weighted by Gasteiger charge is -2.26. The van der Waals surface area contributed by atoms with E-state index in [-0.39, 0.29) is 40.8 Å². The first-order valence-electron chi connectivity index (χ1n) is 23.5. The standard InChI is InChI=1S/C53H62O15/c1-3-48(55)63-33-11-7-5-9-31-61-42-21-25-44(26-22-42)65-50(57)37-13-15-39(16-14-37)52(59)67-46-29-30-47(41(35-46)36-54)68-53(60)40-19-17-38(18-20-40)51(58)66-45-27-23-43(24-28-45)62-32-10-6-8-12-34-64-49(56)4-2/h3-4,21-30,35-40H,1-2,5-20,31-34H2/t37?,38-,39?,40+. The number of carbonyl (C=O) groups is 7. The van der Waals surface area contributed by atoms with Gasteiger partial charge in [0.15, 0.2) is 6.29 Å². The summed E-state index contributed by atoms with van der Waals surface area (Å²) in [6, 6.07) is 17.9. The smallest absolute Gasteiger partial charge is 0.330 e. The third-order valence-corrected chi connectivity index (χ3v) is 11.8. The van der Waals surface area contributed by atoms with Gasteiger partial charge in [0.2, 0.25) is 0 Å². The largest absolute Gasteiger partial charge is 0.494 e. The monoisotopic (exact) mass is 938 g/mol. The van der Waals surface area contributed by atoms with Crippen molar-refractivity contribution in [3.8, 4) is 34.5 Å². The minimum absolute atomic E-state index is 0.0395. The van der Waals surface area contributed by atoms with E-state index in [1.165, 1.54) is 18.2 Å². The fourth-order valence-electron chi connectivity index (χ4n) is 7.86. The van der Waals surface area contributed by atoms with Gasteiger partial charge >= 0.3 is 35.8 Å². The van der Waals surface area contributed by atoms with Gasteiger partial charge in [-0.05, 0) is 169 Å². The van der Waals surface area contributed by atoms with E-state index < -0.39 is 35.7 Å². The molecule has 15 heteroatoms.